The maximum absolute atomic E-state index is 5.39. The first kappa shape index (κ1) is 13.2. The average Bonchev–Trinajstić information content (AvgIpc) is 2.37. The van der Waals surface area contributed by atoms with Crippen molar-refractivity contribution in [3.63, 3.8) is 0 Å². The Balaban J connectivity index is 2.09. The molecule has 0 radical (unpaired) electrons. The van der Waals surface area contributed by atoms with E-state index in [1.54, 1.807) is 7.11 Å². The monoisotopic (exact) mass is 269 g/mol. The molecule has 2 rings (SSSR count). The Morgan fingerprint density at radius 3 is 2.67 bits per heavy atom. The molecule has 100 valence electrons. The van der Waals surface area contributed by atoms with E-state index < -0.39 is 0 Å². The average molecular weight is 269 g/mol. The van der Waals surface area contributed by atoms with Gasteiger partial charge >= 0.3 is 0 Å². The maximum Gasteiger partial charge on any atom is 0.205 e. The second-order valence-corrected chi connectivity index (χ2v) is 5.62. The van der Waals surface area contributed by atoms with Gasteiger partial charge in [-0.25, -0.2) is 15.8 Å². The molecule has 1 aromatic heterocycles. The van der Waals surface area contributed by atoms with Crippen LogP contribution in [0.4, 0.5) is 11.6 Å². The van der Waals surface area contributed by atoms with Gasteiger partial charge in [-0.3, -0.25) is 0 Å². The van der Waals surface area contributed by atoms with Gasteiger partial charge in [0.15, 0.2) is 11.6 Å². The highest BCUT2D eigenvalue weighted by molar-refractivity contribution is 8.00. The number of hydrazine groups is 1. The smallest absolute Gasteiger partial charge is 0.205 e. The molecule has 1 saturated carbocycles. The van der Waals surface area contributed by atoms with Crippen LogP contribution in [0, 0.1) is 0 Å². The predicted octanol–water partition coefficient (Wildman–Crippen LogP) is 1.47. The third kappa shape index (κ3) is 2.46. The van der Waals surface area contributed by atoms with Gasteiger partial charge in [0.1, 0.15) is 6.33 Å². The van der Waals surface area contributed by atoms with E-state index in [1.807, 2.05) is 11.8 Å². The summed E-state index contributed by atoms with van der Waals surface area (Å²) in [6.07, 6.45) is 7.42. The summed E-state index contributed by atoms with van der Waals surface area (Å²) in [5.41, 5.74) is 2.50. The molecule has 0 aliphatic heterocycles. The number of nitrogens with two attached hydrogens (primary N) is 1. The van der Waals surface area contributed by atoms with E-state index in [9.17, 15) is 0 Å². The second-order valence-electron chi connectivity index (χ2n) is 4.34. The van der Waals surface area contributed by atoms with Crippen LogP contribution in [0.25, 0.3) is 0 Å². The number of thioether (sulfide) groups is 1. The number of nitrogens with one attached hydrogen (secondary N) is 2. The Morgan fingerprint density at radius 2 is 2.17 bits per heavy atom. The first-order valence-corrected chi connectivity index (χ1v) is 7.12. The number of nitrogen functional groups attached to an aromatic ring is 1. The molecular weight excluding hydrogens is 250 g/mol. The van der Waals surface area contributed by atoms with Crippen LogP contribution in [-0.2, 0) is 0 Å². The fourth-order valence-electron chi connectivity index (χ4n) is 2.06. The molecule has 1 aliphatic rings. The normalized spacial score (nSPS) is 16.8. The fraction of sp³-hybridized carbons (Fsp3) is 0.636. The number of nitrogens with zero attached hydrogens (tertiary/aromatic N) is 2. The summed E-state index contributed by atoms with van der Waals surface area (Å²) in [5.74, 6) is 7.11. The van der Waals surface area contributed by atoms with Crippen LogP contribution in [0.2, 0.25) is 0 Å². The minimum atomic E-state index is 0.340. The first-order valence-electron chi connectivity index (χ1n) is 5.89. The van der Waals surface area contributed by atoms with Crippen molar-refractivity contribution in [1.29, 1.82) is 0 Å². The summed E-state index contributed by atoms with van der Waals surface area (Å²) in [6.45, 7) is 0.881. The highest BCUT2D eigenvalue weighted by Crippen LogP contribution is 2.43. The summed E-state index contributed by atoms with van der Waals surface area (Å²) in [4.78, 5) is 8.21. The van der Waals surface area contributed by atoms with Crippen molar-refractivity contribution in [2.45, 2.75) is 24.0 Å². The Labute approximate surface area is 111 Å². The van der Waals surface area contributed by atoms with Crippen molar-refractivity contribution < 1.29 is 4.74 Å². The standard InChI is InChI=1S/C11H19N5OS/c1-17-8-9(14-7-15-10(8)16-12)13-6-11(18-2)4-3-5-11/h7H,3-6,12H2,1-2H3,(H2,13,14,15,16). The van der Waals surface area contributed by atoms with Crippen molar-refractivity contribution in [2.75, 3.05) is 30.7 Å². The molecule has 4 N–H and O–H groups in total. The number of aromatic nitrogens is 2. The topological polar surface area (TPSA) is 85.1 Å². The van der Waals surface area contributed by atoms with Crippen molar-refractivity contribution in [1.82, 2.24) is 9.97 Å². The van der Waals surface area contributed by atoms with Crippen molar-refractivity contribution >= 4 is 23.4 Å². The van der Waals surface area contributed by atoms with Gasteiger partial charge in [0.25, 0.3) is 0 Å². The molecule has 1 aromatic rings. The molecule has 0 spiro atoms. The molecule has 18 heavy (non-hydrogen) atoms. The number of methoxy groups -OCH3 is 1. The predicted molar refractivity (Wildman–Crippen MR) is 75.0 cm³/mol. The highest BCUT2D eigenvalue weighted by Gasteiger charge is 2.36. The van der Waals surface area contributed by atoms with E-state index in [0.717, 1.165) is 6.54 Å². The van der Waals surface area contributed by atoms with Crippen LogP contribution in [0.3, 0.4) is 0 Å². The molecule has 0 unspecified atom stereocenters. The molecule has 0 atom stereocenters. The van der Waals surface area contributed by atoms with Gasteiger partial charge in [0.05, 0.1) is 7.11 Å². The number of hydrogen-bond donors (Lipinski definition) is 3. The molecular formula is C11H19N5OS. The van der Waals surface area contributed by atoms with E-state index in [2.05, 4.69) is 27.0 Å². The zero-order chi connectivity index (χ0) is 13.0. The minimum Gasteiger partial charge on any atom is -0.490 e. The van der Waals surface area contributed by atoms with Gasteiger partial charge < -0.3 is 15.5 Å². The van der Waals surface area contributed by atoms with Gasteiger partial charge in [-0.1, -0.05) is 6.42 Å². The number of ether oxygens (including phenoxy) is 1. The third-order valence-electron chi connectivity index (χ3n) is 3.42. The lowest BCUT2D eigenvalue weighted by Gasteiger charge is -2.40. The zero-order valence-electron chi connectivity index (χ0n) is 10.7. The lowest BCUT2D eigenvalue weighted by atomic mass is 9.84. The van der Waals surface area contributed by atoms with Crippen LogP contribution >= 0.6 is 11.8 Å². The number of hydrogen-bond acceptors (Lipinski definition) is 7. The summed E-state index contributed by atoms with van der Waals surface area (Å²) < 4.78 is 5.62. The number of anilines is 2. The fourth-order valence-corrected chi connectivity index (χ4v) is 2.98. The second kappa shape index (κ2) is 5.62. The van der Waals surface area contributed by atoms with Gasteiger partial charge in [-0.05, 0) is 19.1 Å². The third-order valence-corrected chi connectivity index (χ3v) is 4.84. The molecule has 0 saturated heterocycles. The molecule has 0 aromatic carbocycles. The maximum atomic E-state index is 5.39. The highest BCUT2D eigenvalue weighted by atomic mass is 32.2. The SMILES string of the molecule is COc1c(NN)ncnc1NCC1(SC)CCC1. The molecule has 7 heteroatoms. The summed E-state index contributed by atoms with van der Waals surface area (Å²) in [5, 5.41) is 3.34. The van der Waals surface area contributed by atoms with Gasteiger partial charge in [0.2, 0.25) is 5.75 Å². The van der Waals surface area contributed by atoms with Crippen molar-refractivity contribution in [3.8, 4) is 5.75 Å². The largest absolute Gasteiger partial charge is 0.490 e. The van der Waals surface area contributed by atoms with E-state index in [1.165, 1.54) is 25.6 Å². The minimum absolute atomic E-state index is 0.340. The van der Waals surface area contributed by atoms with Gasteiger partial charge in [-0.2, -0.15) is 11.8 Å². The lowest BCUT2D eigenvalue weighted by Crippen LogP contribution is -2.40. The molecule has 0 amide bonds. The number of rotatable bonds is 6. The van der Waals surface area contributed by atoms with E-state index in [0.29, 0.717) is 22.1 Å². The van der Waals surface area contributed by atoms with Crippen LogP contribution < -0.4 is 21.3 Å². The van der Waals surface area contributed by atoms with Crippen molar-refractivity contribution in [2.24, 2.45) is 5.84 Å². The Morgan fingerprint density at radius 1 is 1.44 bits per heavy atom. The first-order chi connectivity index (χ1) is 8.74. The Kier molecular flexibility index (Phi) is 4.13. The van der Waals surface area contributed by atoms with Crippen molar-refractivity contribution in [3.05, 3.63) is 6.33 Å². The van der Waals surface area contributed by atoms with Gasteiger partial charge in [0, 0.05) is 11.3 Å². The van der Waals surface area contributed by atoms with Crippen LogP contribution in [0.15, 0.2) is 6.33 Å². The van der Waals surface area contributed by atoms with Crippen LogP contribution in [0.1, 0.15) is 19.3 Å². The van der Waals surface area contributed by atoms with Crippen LogP contribution in [0.5, 0.6) is 5.75 Å². The zero-order valence-corrected chi connectivity index (χ0v) is 11.5. The molecule has 0 bridgehead atoms. The summed E-state index contributed by atoms with van der Waals surface area (Å²) in [7, 11) is 1.58. The lowest BCUT2D eigenvalue weighted by molar-refractivity contribution is 0.377. The quantitative estimate of drug-likeness (QED) is 0.532. The molecule has 1 aliphatic carbocycles. The van der Waals surface area contributed by atoms with Gasteiger partial charge in [-0.15, -0.1) is 0 Å². The Hall–Kier alpha value is -1.21. The summed E-state index contributed by atoms with van der Waals surface area (Å²) in [6, 6.07) is 0. The van der Waals surface area contributed by atoms with Crippen LogP contribution in [-0.4, -0.2) is 34.6 Å². The Bertz CT molecular complexity index is 405. The van der Waals surface area contributed by atoms with E-state index >= 15 is 0 Å². The molecule has 1 heterocycles. The van der Waals surface area contributed by atoms with E-state index in [4.69, 9.17) is 10.6 Å². The molecule has 6 nitrogen and oxygen atoms in total. The van der Waals surface area contributed by atoms with E-state index in [-0.39, 0.29) is 0 Å². The molecule has 1 fully saturated rings. The summed E-state index contributed by atoms with van der Waals surface area (Å²) >= 11 is 1.91.